The third-order valence-electron chi connectivity index (χ3n) is 4.05. The number of nitrogens with zero attached hydrogens (tertiary/aromatic N) is 1. The molecule has 0 saturated carbocycles. The lowest BCUT2D eigenvalue weighted by Gasteiger charge is -2.06. The van der Waals surface area contributed by atoms with Crippen LogP contribution in [0.2, 0.25) is 0 Å². The molecule has 0 unspecified atom stereocenters. The molecule has 2 N–H and O–H groups in total. The quantitative estimate of drug-likeness (QED) is 0.483. The van der Waals surface area contributed by atoms with Crippen molar-refractivity contribution in [1.29, 1.82) is 0 Å². The second kappa shape index (κ2) is 7.98. The molecule has 0 aliphatic heterocycles. The van der Waals surface area contributed by atoms with Crippen LogP contribution < -0.4 is 5.73 Å². The molecule has 110 valence electrons. The fourth-order valence-corrected chi connectivity index (χ4v) is 2.83. The van der Waals surface area contributed by atoms with E-state index >= 15 is 0 Å². The largest absolute Gasteiger partial charge is 0.399 e. The first-order chi connectivity index (χ1) is 9.81. The Morgan fingerprint density at radius 3 is 2.35 bits per heavy atom. The van der Waals surface area contributed by atoms with Gasteiger partial charge in [-0.05, 0) is 30.7 Å². The van der Waals surface area contributed by atoms with Gasteiger partial charge in [-0.1, -0.05) is 51.9 Å². The van der Waals surface area contributed by atoms with E-state index in [1.807, 2.05) is 6.07 Å². The maximum absolute atomic E-state index is 5.81. The normalized spacial score (nSPS) is 11.2. The average Bonchev–Trinajstić information content (AvgIpc) is 2.84. The topological polar surface area (TPSA) is 30.9 Å². The zero-order chi connectivity index (χ0) is 14.2. The average molecular weight is 272 g/mol. The Morgan fingerprint density at radius 1 is 0.900 bits per heavy atom. The van der Waals surface area contributed by atoms with E-state index in [0.717, 1.165) is 12.2 Å². The van der Waals surface area contributed by atoms with Crippen molar-refractivity contribution in [1.82, 2.24) is 4.57 Å². The van der Waals surface area contributed by atoms with Gasteiger partial charge in [-0.25, -0.2) is 0 Å². The summed E-state index contributed by atoms with van der Waals surface area (Å²) in [6.07, 6.45) is 13.2. The Hall–Kier alpha value is -1.44. The molecule has 0 amide bonds. The van der Waals surface area contributed by atoms with E-state index in [-0.39, 0.29) is 0 Å². The van der Waals surface area contributed by atoms with Crippen LogP contribution in [-0.4, -0.2) is 4.57 Å². The van der Waals surface area contributed by atoms with Crippen LogP contribution in [0.15, 0.2) is 30.5 Å². The molecule has 1 heterocycles. The summed E-state index contributed by atoms with van der Waals surface area (Å²) in [5.41, 5.74) is 7.97. The molecular formula is C18H28N2. The van der Waals surface area contributed by atoms with Crippen LogP contribution in [0.4, 0.5) is 5.69 Å². The van der Waals surface area contributed by atoms with E-state index in [0.29, 0.717) is 0 Å². The standard InChI is InChI=1S/C18H28N2/c1-2-3-4-5-6-7-8-9-13-20-14-12-16-15-17(19)10-11-18(16)20/h10-12,14-15H,2-9,13,19H2,1H3. The lowest BCUT2D eigenvalue weighted by atomic mass is 10.1. The zero-order valence-electron chi connectivity index (χ0n) is 12.8. The smallest absolute Gasteiger partial charge is 0.0481 e. The summed E-state index contributed by atoms with van der Waals surface area (Å²) >= 11 is 0. The van der Waals surface area contributed by atoms with Crippen molar-refractivity contribution in [2.75, 3.05) is 5.73 Å². The second-order valence-corrected chi connectivity index (χ2v) is 5.80. The van der Waals surface area contributed by atoms with Crippen molar-refractivity contribution in [3.8, 4) is 0 Å². The molecule has 0 spiro atoms. The highest BCUT2D eigenvalue weighted by atomic mass is 14.9. The van der Waals surface area contributed by atoms with Gasteiger partial charge in [0.2, 0.25) is 0 Å². The predicted molar refractivity (Wildman–Crippen MR) is 89.0 cm³/mol. The Balaban J connectivity index is 1.68. The third kappa shape index (κ3) is 4.29. The monoisotopic (exact) mass is 272 g/mol. The van der Waals surface area contributed by atoms with E-state index in [1.165, 1.54) is 62.3 Å². The van der Waals surface area contributed by atoms with Gasteiger partial charge in [0.25, 0.3) is 0 Å². The third-order valence-corrected chi connectivity index (χ3v) is 4.05. The highest BCUT2D eigenvalue weighted by Crippen LogP contribution is 2.19. The predicted octanol–water partition coefficient (Wildman–Crippen LogP) is 5.36. The molecule has 0 aliphatic rings. The molecule has 0 atom stereocenters. The molecule has 2 rings (SSSR count). The molecule has 0 saturated heterocycles. The van der Waals surface area contributed by atoms with Crippen LogP contribution in [0.3, 0.4) is 0 Å². The number of aromatic nitrogens is 1. The maximum Gasteiger partial charge on any atom is 0.0481 e. The number of hydrogen-bond acceptors (Lipinski definition) is 1. The fourth-order valence-electron chi connectivity index (χ4n) is 2.83. The summed E-state index contributed by atoms with van der Waals surface area (Å²) in [6.45, 7) is 3.40. The second-order valence-electron chi connectivity index (χ2n) is 5.80. The summed E-state index contributed by atoms with van der Waals surface area (Å²) in [6, 6.07) is 8.35. The maximum atomic E-state index is 5.81. The van der Waals surface area contributed by atoms with Crippen LogP contribution in [0.25, 0.3) is 10.9 Å². The van der Waals surface area contributed by atoms with Crippen molar-refractivity contribution in [3.63, 3.8) is 0 Å². The molecule has 0 radical (unpaired) electrons. The van der Waals surface area contributed by atoms with Crippen LogP contribution in [0.5, 0.6) is 0 Å². The highest BCUT2D eigenvalue weighted by molar-refractivity contribution is 5.83. The van der Waals surface area contributed by atoms with Crippen molar-refractivity contribution in [3.05, 3.63) is 30.5 Å². The summed E-state index contributed by atoms with van der Waals surface area (Å²) in [5, 5.41) is 1.25. The first-order valence-corrected chi connectivity index (χ1v) is 8.15. The molecule has 2 aromatic rings. The number of aryl methyl sites for hydroxylation is 1. The van der Waals surface area contributed by atoms with Gasteiger partial charge in [0.05, 0.1) is 0 Å². The molecule has 1 aromatic heterocycles. The number of nitrogen functional groups attached to an aromatic ring is 1. The van der Waals surface area contributed by atoms with Crippen molar-refractivity contribution in [2.45, 2.75) is 64.8 Å². The van der Waals surface area contributed by atoms with E-state index in [2.05, 4.69) is 35.9 Å². The molecule has 0 aliphatic carbocycles. The molecule has 0 bridgehead atoms. The molecule has 20 heavy (non-hydrogen) atoms. The highest BCUT2D eigenvalue weighted by Gasteiger charge is 2.01. The van der Waals surface area contributed by atoms with Gasteiger partial charge < -0.3 is 10.3 Å². The van der Waals surface area contributed by atoms with E-state index in [9.17, 15) is 0 Å². The Kier molecular flexibility index (Phi) is 5.97. The number of unbranched alkanes of at least 4 members (excludes halogenated alkanes) is 7. The van der Waals surface area contributed by atoms with Gasteiger partial charge in [0.1, 0.15) is 0 Å². The minimum Gasteiger partial charge on any atom is -0.399 e. The summed E-state index contributed by atoms with van der Waals surface area (Å²) in [5.74, 6) is 0. The van der Waals surface area contributed by atoms with E-state index < -0.39 is 0 Å². The lowest BCUT2D eigenvalue weighted by molar-refractivity contribution is 0.549. The minimum absolute atomic E-state index is 0.849. The van der Waals surface area contributed by atoms with Crippen LogP contribution in [0.1, 0.15) is 58.3 Å². The van der Waals surface area contributed by atoms with Crippen molar-refractivity contribution in [2.24, 2.45) is 0 Å². The summed E-state index contributed by atoms with van der Waals surface area (Å²) < 4.78 is 2.35. The summed E-state index contributed by atoms with van der Waals surface area (Å²) in [4.78, 5) is 0. The number of rotatable bonds is 9. The van der Waals surface area contributed by atoms with Crippen LogP contribution in [0, 0.1) is 0 Å². The number of anilines is 1. The fraction of sp³-hybridized carbons (Fsp3) is 0.556. The minimum atomic E-state index is 0.849. The van der Waals surface area contributed by atoms with Gasteiger partial charge in [0.15, 0.2) is 0 Å². The van der Waals surface area contributed by atoms with Gasteiger partial charge >= 0.3 is 0 Å². The molecule has 1 aromatic carbocycles. The number of benzene rings is 1. The molecule has 0 fully saturated rings. The van der Waals surface area contributed by atoms with Crippen LogP contribution >= 0.6 is 0 Å². The van der Waals surface area contributed by atoms with E-state index in [4.69, 9.17) is 5.73 Å². The lowest BCUT2D eigenvalue weighted by Crippen LogP contribution is -1.96. The molecule has 2 heteroatoms. The first kappa shape index (κ1) is 15.0. The Morgan fingerprint density at radius 2 is 1.60 bits per heavy atom. The number of fused-ring (bicyclic) bond motifs is 1. The Labute approximate surface area is 123 Å². The molecule has 2 nitrogen and oxygen atoms in total. The van der Waals surface area contributed by atoms with Crippen LogP contribution in [-0.2, 0) is 6.54 Å². The van der Waals surface area contributed by atoms with Crippen molar-refractivity contribution < 1.29 is 0 Å². The number of hydrogen-bond donors (Lipinski definition) is 1. The SMILES string of the molecule is CCCCCCCCCCn1ccc2cc(N)ccc21. The van der Waals surface area contributed by atoms with Gasteiger partial charge in [-0.15, -0.1) is 0 Å². The first-order valence-electron chi connectivity index (χ1n) is 8.15. The van der Waals surface area contributed by atoms with E-state index in [1.54, 1.807) is 0 Å². The Bertz CT molecular complexity index is 513. The number of nitrogens with two attached hydrogens (primary N) is 1. The summed E-state index contributed by atoms with van der Waals surface area (Å²) in [7, 11) is 0. The zero-order valence-corrected chi connectivity index (χ0v) is 12.8. The van der Waals surface area contributed by atoms with Crippen molar-refractivity contribution >= 4 is 16.6 Å². The van der Waals surface area contributed by atoms with Gasteiger partial charge in [-0.2, -0.15) is 0 Å². The van der Waals surface area contributed by atoms with Gasteiger partial charge in [0, 0.05) is 29.3 Å². The molecular weight excluding hydrogens is 244 g/mol. The van der Waals surface area contributed by atoms with Gasteiger partial charge in [-0.3, -0.25) is 0 Å².